The Balaban J connectivity index is 1.59. The molecule has 30 heavy (non-hydrogen) atoms. The molecule has 0 aliphatic carbocycles. The van der Waals surface area contributed by atoms with Gasteiger partial charge in [0.2, 0.25) is 5.91 Å². The number of hydrogen-bond donors (Lipinski definition) is 0. The lowest BCUT2D eigenvalue weighted by Gasteiger charge is -2.42. The van der Waals surface area contributed by atoms with Gasteiger partial charge in [0.15, 0.2) is 0 Å². The van der Waals surface area contributed by atoms with Crippen molar-refractivity contribution in [1.82, 2.24) is 4.90 Å². The zero-order valence-electron chi connectivity index (χ0n) is 17.6. The largest absolute Gasteiger partial charge is 0.336 e. The molecule has 3 aromatic rings. The second-order valence-electron chi connectivity index (χ2n) is 8.28. The molecular formula is C28H29NO. The molecule has 2 unspecified atom stereocenters. The monoisotopic (exact) mass is 395 g/mol. The highest BCUT2D eigenvalue weighted by molar-refractivity contribution is 5.80. The number of piperidine rings is 1. The maximum Gasteiger partial charge on any atom is 0.227 e. The van der Waals surface area contributed by atoms with Crippen LogP contribution in [0.5, 0.6) is 0 Å². The minimum absolute atomic E-state index is 0.183. The molecule has 152 valence electrons. The molecule has 1 heterocycles. The Labute approximate surface area is 179 Å². The predicted molar refractivity (Wildman–Crippen MR) is 124 cm³/mol. The molecule has 1 amide bonds. The van der Waals surface area contributed by atoms with Crippen molar-refractivity contribution in [2.24, 2.45) is 0 Å². The summed E-state index contributed by atoms with van der Waals surface area (Å²) in [5, 5.41) is 0. The standard InChI is InChI=1S/C28H29NO/c1-22-17-26(18-23-11-5-2-6-12-23)20-27(19-24-13-7-3-8-14-24)29(22)28(30)21-25-15-9-4-10-16-25/h2-16,18,22,27H,17,19-21H2,1H3/b26-18-. The molecule has 2 atom stereocenters. The van der Waals surface area contributed by atoms with Crippen LogP contribution in [-0.4, -0.2) is 22.9 Å². The van der Waals surface area contributed by atoms with E-state index < -0.39 is 0 Å². The molecule has 1 aliphatic rings. The first-order valence-corrected chi connectivity index (χ1v) is 10.8. The van der Waals surface area contributed by atoms with Crippen molar-refractivity contribution in [1.29, 1.82) is 0 Å². The zero-order valence-corrected chi connectivity index (χ0v) is 17.6. The Morgan fingerprint density at radius 1 is 0.833 bits per heavy atom. The third-order valence-corrected chi connectivity index (χ3v) is 5.89. The van der Waals surface area contributed by atoms with Gasteiger partial charge in [0.1, 0.15) is 0 Å². The summed E-state index contributed by atoms with van der Waals surface area (Å²) >= 11 is 0. The van der Waals surface area contributed by atoms with Crippen molar-refractivity contribution in [3.8, 4) is 0 Å². The average molecular weight is 396 g/mol. The van der Waals surface area contributed by atoms with Crippen LogP contribution in [0, 0.1) is 0 Å². The minimum atomic E-state index is 0.183. The number of hydrogen-bond acceptors (Lipinski definition) is 1. The summed E-state index contributed by atoms with van der Waals surface area (Å²) < 4.78 is 0. The van der Waals surface area contributed by atoms with E-state index in [1.807, 2.05) is 42.5 Å². The molecule has 2 nitrogen and oxygen atoms in total. The smallest absolute Gasteiger partial charge is 0.227 e. The van der Waals surface area contributed by atoms with Gasteiger partial charge in [0.25, 0.3) is 0 Å². The Kier molecular flexibility index (Phi) is 6.44. The summed E-state index contributed by atoms with van der Waals surface area (Å²) in [7, 11) is 0. The van der Waals surface area contributed by atoms with Crippen LogP contribution in [0.4, 0.5) is 0 Å². The van der Waals surface area contributed by atoms with E-state index in [1.54, 1.807) is 0 Å². The van der Waals surface area contributed by atoms with Crippen LogP contribution < -0.4 is 0 Å². The predicted octanol–water partition coefficient (Wildman–Crippen LogP) is 5.93. The van der Waals surface area contributed by atoms with Gasteiger partial charge < -0.3 is 4.90 Å². The highest BCUT2D eigenvalue weighted by Crippen LogP contribution is 2.31. The lowest BCUT2D eigenvalue weighted by molar-refractivity contribution is -0.136. The van der Waals surface area contributed by atoms with Crippen molar-refractivity contribution < 1.29 is 4.79 Å². The second-order valence-corrected chi connectivity index (χ2v) is 8.28. The fraction of sp³-hybridized carbons (Fsp3) is 0.250. The molecular weight excluding hydrogens is 366 g/mol. The van der Waals surface area contributed by atoms with Crippen LogP contribution in [0.25, 0.3) is 6.08 Å². The fourth-order valence-electron chi connectivity index (χ4n) is 4.59. The van der Waals surface area contributed by atoms with Gasteiger partial charge in [0, 0.05) is 12.1 Å². The highest BCUT2D eigenvalue weighted by atomic mass is 16.2. The zero-order chi connectivity index (χ0) is 20.8. The third-order valence-electron chi connectivity index (χ3n) is 5.89. The minimum Gasteiger partial charge on any atom is -0.336 e. The van der Waals surface area contributed by atoms with Gasteiger partial charge in [-0.05, 0) is 42.9 Å². The first-order valence-electron chi connectivity index (χ1n) is 10.8. The van der Waals surface area contributed by atoms with Gasteiger partial charge in [-0.25, -0.2) is 0 Å². The summed E-state index contributed by atoms with van der Waals surface area (Å²) in [5.74, 6) is 0.230. The number of carbonyl (C=O) groups excluding carboxylic acids is 1. The summed E-state index contributed by atoms with van der Waals surface area (Å²) in [4.78, 5) is 15.5. The number of rotatable bonds is 5. The molecule has 2 heteroatoms. The van der Waals surface area contributed by atoms with Crippen molar-refractivity contribution >= 4 is 12.0 Å². The van der Waals surface area contributed by atoms with Crippen LogP contribution >= 0.6 is 0 Å². The molecule has 0 radical (unpaired) electrons. The van der Waals surface area contributed by atoms with E-state index in [1.165, 1.54) is 16.7 Å². The van der Waals surface area contributed by atoms with E-state index >= 15 is 0 Å². The van der Waals surface area contributed by atoms with Gasteiger partial charge in [-0.15, -0.1) is 0 Å². The van der Waals surface area contributed by atoms with Gasteiger partial charge >= 0.3 is 0 Å². The Bertz CT molecular complexity index is 979. The van der Waals surface area contributed by atoms with E-state index in [-0.39, 0.29) is 18.0 Å². The summed E-state index contributed by atoms with van der Waals surface area (Å²) in [6.45, 7) is 2.19. The molecule has 1 aliphatic heterocycles. The Morgan fingerprint density at radius 3 is 2.03 bits per heavy atom. The maximum absolute atomic E-state index is 13.3. The van der Waals surface area contributed by atoms with Gasteiger partial charge in [0.05, 0.1) is 6.42 Å². The van der Waals surface area contributed by atoms with E-state index in [2.05, 4.69) is 66.4 Å². The molecule has 1 fully saturated rings. The highest BCUT2D eigenvalue weighted by Gasteiger charge is 2.33. The topological polar surface area (TPSA) is 20.3 Å². The van der Waals surface area contributed by atoms with E-state index in [9.17, 15) is 4.79 Å². The number of benzene rings is 3. The summed E-state index contributed by atoms with van der Waals surface area (Å²) in [6, 6.07) is 31.5. The van der Waals surface area contributed by atoms with Gasteiger partial charge in [-0.3, -0.25) is 4.79 Å². The van der Waals surface area contributed by atoms with Crippen LogP contribution in [0.3, 0.4) is 0 Å². The molecule has 0 N–H and O–H groups in total. The van der Waals surface area contributed by atoms with Crippen LogP contribution in [0.1, 0.15) is 36.5 Å². The number of nitrogens with zero attached hydrogens (tertiary/aromatic N) is 1. The van der Waals surface area contributed by atoms with Gasteiger partial charge in [-0.2, -0.15) is 0 Å². The summed E-state index contributed by atoms with van der Waals surface area (Å²) in [6.07, 6.45) is 5.52. The first kappa shape index (κ1) is 20.2. The van der Waals surface area contributed by atoms with E-state index in [0.29, 0.717) is 6.42 Å². The first-order chi connectivity index (χ1) is 14.7. The SMILES string of the molecule is CC1C/C(=C/c2ccccc2)CC(Cc2ccccc2)N1C(=O)Cc1ccccc1. The molecule has 0 spiro atoms. The van der Waals surface area contributed by atoms with Crippen molar-refractivity contribution in [3.63, 3.8) is 0 Å². The van der Waals surface area contributed by atoms with Crippen molar-refractivity contribution in [2.45, 2.75) is 44.7 Å². The lowest BCUT2D eigenvalue weighted by atomic mass is 9.86. The van der Waals surface area contributed by atoms with Crippen LogP contribution in [0.2, 0.25) is 0 Å². The third kappa shape index (κ3) is 5.07. The molecule has 0 aromatic heterocycles. The Morgan fingerprint density at radius 2 is 1.40 bits per heavy atom. The summed E-state index contributed by atoms with van der Waals surface area (Å²) in [5.41, 5.74) is 5.03. The Hall–Kier alpha value is -3.13. The van der Waals surface area contributed by atoms with Crippen LogP contribution in [-0.2, 0) is 17.6 Å². The number of amides is 1. The molecule has 3 aromatic carbocycles. The maximum atomic E-state index is 13.3. The van der Waals surface area contributed by atoms with Gasteiger partial charge in [-0.1, -0.05) is 103 Å². The average Bonchev–Trinajstić information content (AvgIpc) is 2.75. The quantitative estimate of drug-likeness (QED) is 0.524. The number of likely N-dealkylation sites (tertiary alicyclic amines) is 1. The van der Waals surface area contributed by atoms with Crippen molar-refractivity contribution in [2.75, 3.05) is 0 Å². The van der Waals surface area contributed by atoms with E-state index in [0.717, 1.165) is 24.8 Å². The normalized spacial score (nSPS) is 20.3. The fourth-order valence-corrected chi connectivity index (χ4v) is 4.59. The second kappa shape index (κ2) is 9.58. The molecule has 0 saturated carbocycles. The van der Waals surface area contributed by atoms with Crippen LogP contribution in [0.15, 0.2) is 96.6 Å². The molecule has 4 rings (SSSR count). The lowest BCUT2D eigenvalue weighted by Crippen LogP contribution is -2.51. The molecule has 0 bridgehead atoms. The molecule has 1 saturated heterocycles. The van der Waals surface area contributed by atoms with E-state index in [4.69, 9.17) is 0 Å². The number of carbonyl (C=O) groups is 1. The van der Waals surface area contributed by atoms with Crippen molar-refractivity contribution in [3.05, 3.63) is 113 Å².